The lowest BCUT2D eigenvalue weighted by Gasteiger charge is -2.05. The Morgan fingerprint density at radius 1 is 1.47 bits per heavy atom. The molecule has 0 unspecified atom stereocenters. The van der Waals surface area contributed by atoms with Gasteiger partial charge in [-0.2, -0.15) is 0 Å². The Balaban J connectivity index is 2.27. The Hall–Kier alpha value is -0.680. The third kappa shape index (κ3) is 6.58. The molecule has 0 spiro atoms. The van der Waals surface area contributed by atoms with Crippen LogP contribution in [0.2, 0.25) is 0 Å². The molecule has 1 atom stereocenters. The molecular formula is C12H16BrNO2S. The van der Waals surface area contributed by atoms with E-state index in [4.69, 9.17) is 0 Å². The van der Waals surface area contributed by atoms with Gasteiger partial charge in [-0.25, -0.2) is 0 Å². The highest BCUT2D eigenvalue weighted by Crippen LogP contribution is 2.11. The first kappa shape index (κ1) is 14.4. The molecule has 1 amide bonds. The first-order valence-electron chi connectivity index (χ1n) is 5.39. The van der Waals surface area contributed by atoms with E-state index in [1.165, 1.54) is 0 Å². The van der Waals surface area contributed by atoms with Crippen LogP contribution in [0.15, 0.2) is 28.7 Å². The molecule has 0 aliphatic heterocycles. The zero-order valence-electron chi connectivity index (χ0n) is 9.74. The van der Waals surface area contributed by atoms with Gasteiger partial charge in [0.15, 0.2) is 0 Å². The Bertz CT molecular complexity index is 409. The van der Waals surface area contributed by atoms with Crippen LogP contribution in [0.5, 0.6) is 0 Å². The first-order chi connectivity index (χ1) is 8.08. The van der Waals surface area contributed by atoms with Crippen LogP contribution in [-0.4, -0.2) is 28.7 Å². The third-order valence-corrected chi connectivity index (χ3v) is 3.54. The van der Waals surface area contributed by atoms with E-state index in [0.717, 1.165) is 16.5 Å². The number of hydrogen-bond acceptors (Lipinski definition) is 2. The number of rotatable bonds is 6. The molecule has 0 bridgehead atoms. The van der Waals surface area contributed by atoms with Crippen LogP contribution in [0.25, 0.3) is 0 Å². The molecule has 0 heterocycles. The topological polar surface area (TPSA) is 46.2 Å². The minimum absolute atomic E-state index is 0.00462. The second-order valence-electron chi connectivity index (χ2n) is 3.79. The molecule has 3 nitrogen and oxygen atoms in total. The average molecular weight is 318 g/mol. The highest BCUT2D eigenvalue weighted by molar-refractivity contribution is 9.10. The Morgan fingerprint density at radius 2 is 2.24 bits per heavy atom. The number of amides is 1. The van der Waals surface area contributed by atoms with Gasteiger partial charge in [0, 0.05) is 33.8 Å². The Labute approximate surface area is 113 Å². The van der Waals surface area contributed by atoms with Crippen molar-refractivity contribution in [1.82, 2.24) is 5.32 Å². The van der Waals surface area contributed by atoms with E-state index in [9.17, 15) is 9.00 Å². The molecule has 1 N–H and O–H groups in total. The summed E-state index contributed by atoms with van der Waals surface area (Å²) in [6.07, 6.45) is 2.81. The van der Waals surface area contributed by atoms with Crippen LogP contribution >= 0.6 is 15.9 Å². The predicted molar refractivity (Wildman–Crippen MR) is 74.4 cm³/mol. The summed E-state index contributed by atoms with van der Waals surface area (Å²) in [5.41, 5.74) is 0.982. The van der Waals surface area contributed by atoms with Gasteiger partial charge in [0.1, 0.15) is 0 Å². The molecule has 1 rings (SSSR count). The molecule has 17 heavy (non-hydrogen) atoms. The summed E-state index contributed by atoms with van der Waals surface area (Å²) >= 11 is 3.37. The van der Waals surface area contributed by atoms with Crippen molar-refractivity contribution in [2.24, 2.45) is 0 Å². The molecule has 0 aliphatic carbocycles. The Morgan fingerprint density at radius 3 is 2.88 bits per heavy atom. The molecule has 1 aromatic carbocycles. The molecule has 5 heteroatoms. The van der Waals surface area contributed by atoms with Crippen molar-refractivity contribution in [2.75, 3.05) is 18.6 Å². The lowest BCUT2D eigenvalue weighted by Crippen LogP contribution is -2.26. The molecule has 0 aliphatic rings. The summed E-state index contributed by atoms with van der Waals surface area (Å²) in [6.45, 7) is 0.590. The minimum atomic E-state index is -0.779. The largest absolute Gasteiger partial charge is 0.356 e. The molecule has 0 aromatic heterocycles. The highest BCUT2D eigenvalue weighted by Gasteiger charge is 2.03. The van der Waals surface area contributed by atoms with Gasteiger partial charge in [-0.3, -0.25) is 9.00 Å². The number of benzene rings is 1. The molecular weight excluding hydrogens is 302 g/mol. The summed E-state index contributed by atoms with van der Waals surface area (Å²) in [5.74, 6) is 0.641. The van der Waals surface area contributed by atoms with Crippen molar-refractivity contribution in [2.45, 2.75) is 12.8 Å². The number of carbonyl (C=O) groups is 1. The van der Waals surface area contributed by atoms with Crippen molar-refractivity contribution in [3.8, 4) is 0 Å². The molecule has 94 valence electrons. The molecule has 0 saturated heterocycles. The number of carbonyl (C=O) groups excluding carboxylic acids is 1. The highest BCUT2D eigenvalue weighted by atomic mass is 79.9. The van der Waals surface area contributed by atoms with Crippen LogP contribution in [0.4, 0.5) is 0 Å². The van der Waals surface area contributed by atoms with Crippen LogP contribution in [0.1, 0.15) is 12.0 Å². The fourth-order valence-corrected chi connectivity index (χ4v) is 2.40. The van der Waals surface area contributed by atoms with E-state index in [-0.39, 0.29) is 5.91 Å². The van der Waals surface area contributed by atoms with Crippen molar-refractivity contribution >= 4 is 32.6 Å². The first-order valence-corrected chi connectivity index (χ1v) is 7.91. The average Bonchev–Trinajstić information content (AvgIpc) is 2.24. The predicted octanol–water partition coefficient (Wildman–Crippen LogP) is 1.88. The fraction of sp³-hybridized carbons (Fsp3) is 0.417. The fourth-order valence-electron chi connectivity index (χ4n) is 1.40. The number of nitrogens with one attached hydrogen (secondary N) is 1. The maximum absolute atomic E-state index is 11.6. The van der Waals surface area contributed by atoms with Crippen LogP contribution in [0, 0.1) is 0 Å². The molecule has 0 radical (unpaired) electrons. The molecule has 1 aromatic rings. The van der Waals surface area contributed by atoms with Gasteiger partial charge in [-0.1, -0.05) is 28.1 Å². The van der Waals surface area contributed by atoms with Gasteiger partial charge < -0.3 is 5.32 Å². The smallest absolute Gasteiger partial charge is 0.224 e. The lowest BCUT2D eigenvalue weighted by molar-refractivity contribution is -0.120. The van der Waals surface area contributed by atoms with Crippen LogP contribution < -0.4 is 5.32 Å². The Kier molecular flexibility index (Phi) is 6.44. The maximum Gasteiger partial charge on any atom is 0.224 e. The van der Waals surface area contributed by atoms with Gasteiger partial charge in [-0.15, -0.1) is 0 Å². The molecule has 0 fully saturated rings. The van der Waals surface area contributed by atoms with E-state index >= 15 is 0 Å². The van der Waals surface area contributed by atoms with Crippen molar-refractivity contribution in [1.29, 1.82) is 0 Å². The number of halogens is 1. The normalized spacial score (nSPS) is 12.1. The van der Waals surface area contributed by atoms with Crippen molar-refractivity contribution in [3.63, 3.8) is 0 Å². The van der Waals surface area contributed by atoms with E-state index in [1.807, 2.05) is 24.3 Å². The second kappa shape index (κ2) is 7.61. The van der Waals surface area contributed by atoms with E-state index < -0.39 is 10.8 Å². The van der Waals surface area contributed by atoms with Gasteiger partial charge in [0.05, 0.1) is 6.42 Å². The summed E-state index contributed by atoms with van der Waals surface area (Å²) in [7, 11) is -0.779. The summed E-state index contributed by atoms with van der Waals surface area (Å²) in [6, 6.07) is 7.69. The van der Waals surface area contributed by atoms with Gasteiger partial charge in [0.2, 0.25) is 5.91 Å². The quantitative estimate of drug-likeness (QED) is 0.814. The summed E-state index contributed by atoms with van der Waals surface area (Å²) in [4.78, 5) is 11.6. The van der Waals surface area contributed by atoms with Gasteiger partial charge >= 0.3 is 0 Å². The molecule has 0 saturated carbocycles. The van der Waals surface area contributed by atoms with Gasteiger partial charge in [-0.05, 0) is 24.1 Å². The van der Waals surface area contributed by atoms with E-state index in [2.05, 4.69) is 21.2 Å². The second-order valence-corrected chi connectivity index (χ2v) is 6.26. The minimum Gasteiger partial charge on any atom is -0.356 e. The van der Waals surface area contributed by atoms with Crippen molar-refractivity contribution < 1.29 is 9.00 Å². The number of hydrogen-bond donors (Lipinski definition) is 1. The monoisotopic (exact) mass is 317 g/mol. The summed E-state index contributed by atoms with van der Waals surface area (Å²) in [5, 5.41) is 2.82. The standard InChI is InChI=1S/C12H16BrNO2S/c1-17(16)7-3-6-14-12(15)9-10-4-2-5-11(13)8-10/h2,4-5,8H,3,6-7,9H2,1H3,(H,14,15)/t17-/m0/s1. The summed E-state index contributed by atoms with van der Waals surface area (Å²) < 4.78 is 11.8. The SMILES string of the molecule is C[S@](=O)CCCNC(=O)Cc1cccc(Br)c1. The van der Waals surface area contributed by atoms with Crippen molar-refractivity contribution in [3.05, 3.63) is 34.3 Å². The van der Waals surface area contributed by atoms with Crippen LogP contribution in [0.3, 0.4) is 0 Å². The zero-order valence-corrected chi connectivity index (χ0v) is 12.1. The van der Waals surface area contributed by atoms with E-state index in [1.54, 1.807) is 6.26 Å². The third-order valence-electron chi connectivity index (χ3n) is 2.18. The van der Waals surface area contributed by atoms with Gasteiger partial charge in [0.25, 0.3) is 0 Å². The maximum atomic E-state index is 11.6. The zero-order chi connectivity index (χ0) is 12.7. The lowest BCUT2D eigenvalue weighted by atomic mass is 10.1. The van der Waals surface area contributed by atoms with E-state index in [0.29, 0.717) is 18.7 Å². The van der Waals surface area contributed by atoms with Crippen LogP contribution in [-0.2, 0) is 22.0 Å².